The molecule has 0 saturated heterocycles. The minimum atomic E-state index is -3.32. The summed E-state index contributed by atoms with van der Waals surface area (Å²) in [5.74, 6) is -0.209. The molecule has 1 heterocycles. The van der Waals surface area contributed by atoms with Crippen molar-refractivity contribution >= 4 is 32.3 Å². The van der Waals surface area contributed by atoms with Gasteiger partial charge >= 0.3 is 0 Å². The third-order valence-corrected chi connectivity index (χ3v) is 5.48. The highest BCUT2D eigenvalue weighted by molar-refractivity contribution is 7.90. The van der Waals surface area contributed by atoms with Gasteiger partial charge in [-0.15, -0.1) is 0 Å². The Hall–Kier alpha value is -2.73. The van der Waals surface area contributed by atoms with E-state index in [0.29, 0.717) is 5.69 Å². The van der Waals surface area contributed by atoms with E-state index < -0.39 is 9.84 Å². The fourth-order valence-corrected chi connectivity index (χ4v) is 3.67. The Morgan fingerprint density at radius 3 is 2.54 bits per heavy atom. The van der Waals surface area contributed by atoms with Crippen LogP contribution in [0.1, 0.15) is 16.8 Å². The van der Waals surface area contributed by atoms with Crippen LogP contribution in [0.3, 0.4) is 0 Å². The van der Waals surface area contributed by atoms with Crippen molar-refractivity contribution in [2.24, 2.45) is 0 Å². The summed E-state index contributed by atoms with van der Waals surface area (Å²) in [5, 5.41) is 3.80. The number of sulfone groups is 1. The molecule has 1 aromatic heterocycles. The van der Waals surface area contributed by atoms with E-state index in [1.807, 2.05) is 38.1 Å². The number of hydrogen-bond acceptors (Lipinski definition) is 4. The first-order valence-electron chi connectivity index (χ1n) is 8.20. The van der Waals surface area contributed by atoms with E-state index in [-0.39, 0.29) is 17.2 Å². The fraction of sp³-hybridized carbons (Fsp3) is 0.200. The molecule has 1 N–H and O–H groups in total. The molecule has 0 radical (unpaired) electrons. The van der Waals surface area contributed by atoms with Gasteiger partial charge in [-0.2, -0.15) is 0 Å². The molecule has 5 nitrogen and oxygen atoms in total. The number of aromatic nitrogens is 1. The third kappa shape index (κ3) is 3.75. The molecule has 3 aromatic rings. The number of para-hydroxylation sites is 1. The van der Waals surface area contributed by atoms with Crippen LogP contribution < -0.4 is 5.32 Å². The Bertz CT molecular complexity index is 1110. The van der Waals surface area contributed by atoms with Crippen LogP contribution in [0.5, 0.6) is 0 Å². The van der Waals surface area contributed by atoms with Gasteiger partial charge in [0, 0.05) is 23.0 Å². The van der Waals surface area contributed by atoms with E-state index in [0.717, 1.165) is 34.0 Å². The highest BCUT2D eigenvalue weighted by atomic mass is 32.2. The second-order valence-corrected chi connectivity index (χ2v) is 8.36. The summed E-state index contributed by atoms with van der Waals surface area (Å²) >= 11 is 0. The number of amides is 1. The van der Waals surface area contributed by atoms with Gasteiger partial charge in [-0.3, -0.25) is 9.78 Å². The topological polar surface area (TPSA) is 76.1 Å². The second kappa shape index (κ2) is 6.88. The van der Waals surface area contributed by atoms with Gasteiger partial charge in [0.05, 0.1) is 16.8 Å². The van der Waals surface area contributed by atoms with Gasteiger partial charge in [0.25, 0.3) is 0 Å². The van der Waals surface area contributed by atoms with Crippen molar-refractivity contribution in [3.05, 3.63) is 65.4 Å². The second-order valence-electron chi connectivity index (χ2n) is 6.34. The lowest BCUT2D eigenvalue weighted by atomic mass is 9.99. The van der Waals surface area contributed by atoms with E-state index in [9.17, 15) is 13.2 Å². The number of nitrogens with zero attached hydrogens (tertiary/aromatic N) is 1. The zero-order valence-corrected chi connectivity index (χ0v) is 15.7. The van der Waals surface area contributed by atoms with E-state index in [2.05, 4.69) is 10.3 Å². The van der Waals surface area contributed by atoms with Gasteiger partial charge in [-0.25, -0.2) is 8.42 Å². The third-order valence-electron chi connectivity index (χ3n) is 4.37. The van der Waals surface area contributed by atoms with E-state index in [1.165, 1.54) is 12.1 Å². The molecular weight excluding hydrogens is 348 g/mol. The van der Waals surface area contributed by atoms with Crippen molar-refractivity contribution in [2.75, 3.05) is 11.6 Å². The van der Waals surface area contributed by atoms with Gasteiger partial charge in [-0.05, 0) is 49.2 Å². The van der Waals surface area contributed by atoms with Gasteiger partial charge < -0.3 is 5.32 Å². The number of anilines is 1. The monoisotopic (exact) mass is 368 g/mol. The lowest BCUT2D eigenvalue weighted by molar-refractivity contribution is -0.115. The van der Waals surface area contributed by atoms with E-state index in [1.54, 1.807) is 12.1 Å². The van der Waals surface area contributed by atoms with Crippen LogP contribution in [-0.4, -0.2) is 25.6 Å². The fourth-order valence-electron chi connectivity index (χ4n) is 3.00. The van der Waals surface area contributed by atoms with Crippen LogP contribution in [0, 0.1) is 13.8 Å². The van der Waals surface area contributed by atoms with Crippen molar-refractivity contribution in [3.63, 3.8) is 0 Å². The molecule has 0 aliphatic heterocycles. The Morgan fingerprint density at radius 2 is 1.81 bits per heavy atom. The lowest BCUT2D eigenvalue weighted by Crippen LogP contribution is -2.16. The summed E-state index contributed by atoms with van der Waals surface area (Å²) < 4.78 is 23.3. The SMILES string of the molecule is Cc1nc2ccccc2c(C)c1CC(=O)Nc1cccc(S(C)(=O)=O)c1. The first-order chi connectivity index (χ1) is 12.3. The Balaban J connectivity index is 1.86. The van der Waals surface area contributed by atoms with Crippen molar-refractivity contribution in [2.45, 2.75) is 25.2 Å². The molecule has 0 atom stereocenters. The van der Waals surface area contributed by atoms with Crippen LogP contribution in [0.15, 0.2) is 53.4 Å². The van der Waals surface area contributed by atoms with Crippen molar-refractivity contribution in [1.82, 2.24) is 4.98 Å². The predicted octanol–water partition coefficient (Wildman–Crippen LogP) is 3.44. The zero-order valence-electron chi connectivity index (χ0n) is 14.9. The largest absolute Gasteiger partial charge is 0.326 e. The van der Waals surface area contributed by atoms with Crippen LogP contribution >= 0.6 is 0 Å². The number of rotatable bonds is 4. The molecule has 1 amide bonds. The summed E-state index contributed by atoms with van der Waals surface area (Å²) in [6.07, 6.45) is 1.32. The van der Waals surface area contributed by atoms with Gasteiger partial charge in [-0.1, -0.05) is 24.3 Å². The molecule has 0 unspecified atom stereocenters. The smallest absolute Gasteiger partial charge is 0.228 e. The van der Waals surface area contributed by atoms with Crippen molar-refractivity contribution < 1.29 is 13.2 Å². The molecule has 0 spiro atoms. The van der Waals surface area contributed by atoms with Crippen LogP contribution in [0.2, 0.25) is 0 Å². The summed E-state index contributed by atoms with van der Waals surface area (Å²) in [4.78, 5) is 17.3. The van der Waals surface area contributed by atoms with Crippen molar-refractivity contribution in [1.29, 1.82) is 0 Å². The maximum atomic E-state index is 12.5. The molecule has 0 fully saturated rings. The number of carbonyl (C=O) groups excluding carboxylic acids is 1. The van der Waals surface area contributed by atoms with Crippen molar-refractivity contribution in [3.8, 4) is 0 Å². The molecule has 26 heavy (non-hydrogen) atoms. The normalized spacial score (nSPS) is 11.5. The molecule has 0 bridgehead atoms. The molecule has 2 aromatic carbocycles. The molecule has 0 aliphatic carbocycles. The van der Waals surface area contributed by atoms with Gasteiger partial charge in [0.15, 0.2) is 9.84 Å². The standard InChI is InChI=1S/C20H20N2O3S/c1-13-17-9-4-5-10-19(17)21-14(2)18(13)12-20(23)22-15-7-6-8-16(11-15)26(3,24)25/h4-11H,12H2,1-3H3,(H,22,23). The molecule has 134 valence electrons. The molecule has 0 aliphatic rings. The first kappa shape index (κ1) is 18.1. The quantitative estimate of drug-likeness (QED) is 0.765. The van der Waals surface area contributed by atoms with E-state index in [4.69, 9.17) is 0 Å². The van der Waals surface area contributed by atoms with Crippen LogP contribution in [0.25, 0.3) is 10.9 Å². The number of fused-ring (bicyclic) bond motifs is 1. The number of hydrogen-bond donors (Lipinski definition) is 1. The maximum Gasteiger partial charge on any atom is 0.228 e. The Kier molecular flexibility index (Phi) is 4.78. The van der Waals surface area contributed by atoms with Crippen LogP contribution in [0.4, 0.5) is 5.69 Å². The Morgan fingerprint density at radius 1 is 1.08 bits per heavy atom. The van der Waals surface area contributed by atoms with Gasteiger partial charge in [0.2, 0.25) is 5.91 Å². The number of benzene rings is 2. The minimum absolute atomic E-state index is 0.176. The zero-order chi connectivity index (χ0) is 18.9. The van der Waals surface area contributed by atoms with Crippen LogP contribution in [-0.2, 0) is 21.1 Å². The summed E-state index contributed by atoms with van der Waals surface area (Å²) in [6, 6.07) is 14.1. The average Bonchev–Trinajstić information content (AvgIpc) is 2.58. The molecule has 0 saturated carbocycles. The summed E-state index contributed by atoms with van der Waals surface area (Å²) in [6.45, 7) is 3.89. The minimum Gasteiger partial charge on any atom is -0.326 e. The summed E-state index contributed by atoms with van der Waals surface area (Å²) in [5.41, 5.74) is 4.12. The lowest BCUT2D eigenvalue weighted by Gasteiger charge is -2.13. The van der Waals surface area contributed by atoms with E-state index >= 15 is 0 Å². The Labute approximate surface area is 153 Å². The predicted molar refractivity (Wildman–Crippen MR) is 103 cm³/mol. The molecule has 3 rings (SSSR count). The maximum absolute atomic E-state index is 12.5. The molecule has 6 heteroatoms. The summed E-state index contributed by atoms with van der Waals surface area (Å²) in [7, 11) is -3.32. The highest BCUT2D eigenvalue weighted by Gasteiger charge is 2.14. The van der Waals surface area contributed by atoms with Gasteiger partial charge in [0.1, 0.15) is 0 Å². The number of carbonyl (C=O) groups is 1. The first-order valence-corrected chi connectivity index (χ1v) is 10.1. The number of nitrogens with one attached hydrogen (secondary N) is 1. The highest BCUT2D eigenvalue weighted by Crippen LogP contribution is 2.23. The number of pyridine rings is 1. The number of aryl methyl sites for hydroxylation is 2. The average molecular weight is 368 g/mol. The molecular formula is C20H20N2O3S.